The van der Waals surface area contributed by atoms with Crippen molar-refractivity contribution in [1.29, 1.82) is 0 Å². The molecule has 3 aromatic rings. The van der Waals surface area contributed by atoms with E-state index in [0.717, 1.165) is 25.7 Å². The first-order chi connectivity index (χ1) is 14.6. The van der Waals surface area contributed by atoms with Crippen LogP contribution in [0.2, 0.25) is 0 Å². The molecule has 1 fully saturated rings. The van der Waals surface area contributed by atoms with E-state index in [1.54, 1.807) is 50.6 Å². The highest BCUT2D eigenvalue weighted by molar-refractivity contribution is 5.97. The second-order valence-corrected chi connectivity index (χ2v) is 7.50. The van der Waals surface area contributed by atoms with E-state index in [1.165, 1.54) is 17.3 Å². The lowest BCUT2D eigenvalue weighted by Gasteiger charge is -2.22. The second-order valence-electron chi connectivity index (χ2n) is 7.50. The Morgan fingerprint density at radius 2 is 1.87 bits per heavy atom. The number of fused-ring (bicyclic) bond motifs is 1. The number of benzene rings is 2. The van der Waals surface area contributed by atoms with Gasteiger partial charge < -0.3 is 14.8 Å². The summed E-state index contributed by atoms with van der Waals surface area (Å²) in [7, 11) is 3.11. The van der Waals surface area contributed by atoms with E-state index in [2.05, 4.69) is 10.3 Å². The number of hydrogen-bond acceptors (Lipinski definition) is 5. The molecule has 0 bridgehead atoms. The highest BCUT2D eigenvalue weighted by atomic mass is 16.5. The summed E-state index contributed by atoms with van der Waals surface area (Å²) in [5.74, 6) is 1.01. The lowest BCUT2D eigenvalue weighted by Crippen LogP contribution is -2.36. The normalized spacial score (nSPS) is 14.5. The fourth-order valence-corrected chi connectivity index (χ4v) is 3.93. The SMILES string of the molecule is COc1ccc(OC)c(-n2cnc3cc(C(=O)NC4CCCCC4)ccc3c2=O)c1. The number of aromatic nitrogens is 2. The lowest BCUT2D eigenvalue weighted by atomic mass is 9.95. The Hall–Kier alpha value is -3.35. The van der Waals surface area contributed by atoms with Crippen LogP contribution >= 0.6 is 0 Å². The van der Waals surface area contributed by atoms with Gasteiger partial charge in [-0.25, -0.2) is 4.98 Å². The number of carbonyl (C=O) groups excluding carboxylic acids is 1. The van der Waals surface area contributed by atoms with Crippen LogP contribution in [-0.2, 0) is 0 Å². The largest absolute Gasteiger partial charge is 0.497 e. The first kappa shape index (κ1) is 19.9. The molecule has 0 radical (unpaired) electrons. The fraction of sp³-hybridized carbons (Fsp3) is 0.348. The van der Waals surface area contributed by atoms with Gasteiger partial charge in [0.15, 0.2) is 0 Å². The number of ether oxygens (including phenoxy) is 2. The van der Waals surface area contributed by atoms with Crippen molar-refractivity contribution in [1.82, 2.24) is 14.9 Å². The predicted molar refractivity (Wildman–Crippen MR) is 115 cm³/mol. The number of nitrogens with zero attached hydrogens (tertiary/aromatic N) is 2. The Balaban J connectivity index is 1.68. The van der Waals surface area contributed by atoms with Gasteiger partial charge in [0.25, 0.3) is 11.5 Å². The molecule has 0 unspecified atom stereocenters. The monoisotopic (exact) mass is 407 g/mol. The molecular formula is C23H25N3O4. The van der Waals surface area contributed by atoms with Crippen molar-refractivity contribution < 1.29 is 14.3 Å². The lowest BCUT2D eigenvalue weighted by molar-refractivity contribution is 0.0928. The van der Waals surface area contributed by atoms with Crippen LogP contribution in [0.25, 0.3) is 16.6 Å². The molecule has 1 aliphatic rings. The van der Waals surface area contributed by atoms with Gasteiger partial charge in [0.1, 0.15) is 17.8 Å². The number of carbonyl (C=O) groups is 1. The van der Waals surface area contributed by atoms with Crippen LogP contribution in [-0.4, -0.2) is 35.7 Å². The number of nitrogens with one attached hydrogen (secondary N) is 1. The molecule has 1 aliphatic carbocycles. The van der Waals surface area contributed by atoms with Crippen molar-refractivity contribution in [3.8, 4) is 17.2 Å². The molecule has 4 rings (SSSR count). The number of methoxy groups -OCH3 is 2. The van der Waals surface area contributed by atoms with Gasteiger partial charge in [0, 0.05) is 17.7 Å². The third-order valence-corrected chi connectivity index (χ3v) is 5.61. The van der Waals surface area contributed by atoms with Crippen molar-refractivity contribution in [3.05, 3.63) is 58.6 Å². The van der Waals surface area contributed by atoms with E-state index in [4.69, 9.17) is 9.47 Å². The quantitative estimate of drug-likeness (QED) is 0.700. The molecule has 7 nitrogen and oxygen atoms in total. The molecule has 1 heterocycles. The van der Waals surface area contributed by atoms with E-state index in [1.807, 2.05) is 0 Å². The minimum atomic E-state index is -0.245. The van der Waals surface area contributed by atoms with Gasteiger partial charge in [-0.2, -0.15) is 0 Å². The molecule has 1 N–H and O–H groups in total. The molecule has 0 aliphatic heterocycles. The van der Waals surface area contributed by atoms with Gasteiger partial charge >= 0.3 is 0 Å². The first-order valence-corrected chi connectivity index (χ1v) is 10.2. The third-order valence-electron chi connectivity index (χ3n) is 5.61. The highest BCUT2D eigenvalue weighted by Crippen LogP contribution is 2.27. The zero-order valence-electron chi connectivity index (χ0n) is 17.2. The highest BCUT2D eigenvalue weighted by Gasteiger charge is 2.18. The third kappa shape index (κ3) is 3.87. The van der Waals surface area contributed by atoms with Crippen molar-refractivity contribution in [2.24, 2.45) is 0 Å². The summed E-state index contributed by atoms with van der Waals surface area (Å²) < 4.78 is 12.1. The topological polar surface area (TPSA) is 82.4 Å². The van der Waals surface area contributed by atoms with Crippen LogP contribution in [0.5, 0.6) is 11.5 Å². The summed E-state index contributed by atoms with van der Waals surface area (Å²) in [5.41, 5.74) is 1.28. The number of amides is 1. The standard InChI is InChI=1S/C23H25N3O4/c1-29-17-9-11-21(30-2)20(13-17)26-14-24-19-12-15(8-10-18(19)23(26)28)22(27)25-16-6-4-3-5-7-16/h8-14,16H,3-7H2,1-2H3,(H,25,27). The van der Waals surface area contributed by atoms with Crippen molar-refractivity contribution in [2.45, 2.75) is 38.1 Å². The summed E-state index contributed by atoms with van der Waals surface area (Å²) in [5, 5.41) is 3.53. The molecule has 0 saturated heterocycles. The average Bonchev–Trinajstić information content (AvgIpc) is 2.79. The molecule has 1 saturated carbocycles. The Bertz CT molecular complexity index is 1130. The smallest absolute Gasteiger partial charge is 0.265 e. The Morgan fingerprint density at radius 3 is 2.60 bits per heavy atom. The predicted octanol–water partition coefficient (Wildman–Crippen LogP) is 3.47. The van der Waals surface area contributed by atoms with Gasteiger partial charge in [-0.15, -0.1) is 0 Å². The fourth-order valence-electron chi connectivity index (χ4n) is 3.93. The van der Waals surface area contributed by atoms with E-state index >= 15 is 0 Å². The molecule has 0 spiro atoms. The minimum Gasteiger partial charge on any atom is -0.497 e. The van der Waals surface area contributed by atoms with E-state index in [-0.39, 0.29) is 17.5 Å². The molecule has 0 atom stereocenters. The summed E-state index contributed by atoms with van der Waals surface area (Å²) in [4.78, 5) is 30.2. The molecule has 30 heavy (non-hydrogen) atoms. The van der Waals surface area contributed by atoms with Gasteiger partial charge in [-0.1, -0.05) is 19.3 Å². The van der Waals surface area contributed by atoms with Gasteiger partial charge in [-0.05, 0) is 43.2 Å². The number of rotatable bonds is 5. The molecule has 1 amide bonds. The second kappa shape index (κ2) is 8.57. The van der Waals surface area contributed by atoms with Crippen LogP contribution in [0, 0.1) is 0 Å². The maximum Gasteiger partial charge on any atom is 0.265 e. The first-order valence-electron chi connectivity index (χ1n) is 10.2. The molecule has 2 aromatic carbocycles. The van der Waals surface area contributed by atoms with Gasteiger partial charge in [-0.3, -0.25) is 14.2 Å². The average molecular weight is 407 g/mol. The molecular weight excluding hydrogens is 382 g/mol. The van der Waals surface area contributed by atoms with Crippen molar-refractivity contribution in [3.63, 3.8) is 0 Å². The minimum absolute atomic E-state index is 0.121. The van der Waals surface area contributed by atoms with Gasteiger partial charge in [0.05, 0.1) is 30.8 Å². The number of hydrogen-bond donors (Lipinski definition) is 1. The van der Waals surface area contributed by atoms with Crippen molar-refractivity contribution >= 4 is 16.8 Å². The zero-order chi connectivity index (χ0) is 21.1. The van der Waals surface area contributed by atoms with Crippen LogP contribution in [0.4, 0.5) is 0 Å². The summed E-state index contributed by atoms with van der Waals surface area (Å²) in [6, 6.07) is 10.5. The maximum atomic E-state index is 13.1. The van der Waals surface area contributed by atoms with Crippen LogP contribution in [0.15, 0.2) is 47.5 Å². The van der Waals surface area contributed by atoms with Crippen LogP contribution < -0.4 is 20.3 Å². The summed E-state index contributed by atoms with van der Waals surface area (Å²) in [6.45, 7) is 0. The van der Waals surface area contributed by atoms with Crippen LogP contribution in [0.3, 0.4) is 0 Å². The zero-order valence-corrected chi connectivity index (χ0v) is 17.2. The Kier molecular flexibility index (Phi) is 5.70. The van der Waals surface area contributed by atoms with E-state index < -0.39 is 0 Å². The van der Waals surface area contributed by atoms with Crippen LogP contribution in [0.1, 0.15) is 42.5 Å². The molecule has 156 valence electrons. The Labute approximate surface area is 174 Å². The summed E-state index contributed by atoms with van der Waals surface area (Å²) >= 11 is 0. The summed E-state index contributed by atoms with van der Waals surface area (Å²) in [6.07, 6.45) is 7.02. The molecule has 7 heteroatoms. The van der Waals surface area contributed by atoms with Crippen molar-refractivity contribution in [2.75, 3.05) is 14.2 Å². The maximum absolute atomic E-state index is 13.1. The van der Waals surface area contributed by atoms with E-state index in [0.29, 0.717) is 33.7 Å². The molecule has 1 aromatic heterocycles. The van der Waals surface area contributed by atoms with E-state index in [9.17, 15) is 9.59 Å². The Morgan fingerprint density at radius 1 is 1.07 bits per heavy atom. The van der Waals surface area contributed by atoms with Gasteiger partial charge in [0.2, 0.25) is 0 Å².